The number of hydrogen-bond acceptors (Lipinski definition) is 3. The monoisotopic (exact) mass is 230 g/mol. The number of carbonyl (C=O) groups is 1. The first-order valence-electron chi connectivity index (χ1n) is 5.65. The number of carbonyl (C=O) groups excluding carboxylic acids is 1. The standard InChI is InChI=1S/C12H14N4O/c1-16-10-5-3-2-4-7(10)11(15-16)12(17)14-9-6-8(9)13/h2-5,8-9H,6,13H2,1H3,(H,14,17). The smallest absolute Gasteiger partial charge is 0.272 e. The van der Waals surface area contributed by atoms with E-state index in [1.807, 2.05) is 31.3 Å². The molecule has 0 spiro atoms. The second kappa shape index (κ2) is 3.56. The van der Waals surface area contributed by atoms with Crippen molar-refractivity contribution in [3.63, 3.8) is 0 Å². The molecule has 0 bridgehead atoms. The van der Waals surface area contributed by atoms with Crippen molar-refractivity contribution in [2.75, 3.05) is 0 Å². The molecule has 2 unspecified atom stereocenters. The zero-order valence-corrected chi connectivity index (χ0v) is 9.55. The van der Waals surface area contributed by atoms with E-state index in [0.29, 0.717) is 5.69 Å². The molecule has 1 fully saturated rings. The Morgan fingerprint density at radius 3 is 2.94 bits per heavy atom. The molecule has 1 heterocycles. The lowest BCUT2D eigenvalue weighted by Crippen LogP contribution is -2.30. The van der Waals surface area contributed by atoms with Crippen LogP contribution in [-0.4, -0.2) is 27.8 Å². The van der Waals surface area contributed by atoms with Crippen molar-refractivity contribution in [2.45, 2.75) is 18.5 Å². The minimum absolute atomic E-state index is 0.105. The third-order valence-electron chi connectivity index (χ3n) is 3.13. The van der Waals surface area contributed by atoms with Crippen molar-refractivity contribution in [2.24, 2.45) is 12.8 Å². The molecule has 1 aromatic heterocycles. The van der Waals surface area contributed by atoms with Crippen molar-refractivity contribution in [3.05, 3.63) is 30.0 Å². The summed E-state index contributed by atoms with van der Waals surface area (Å²) in [4.78, 5) is 12.0. The Hall–Kier alpha value is -1.88. The highest BCUT2D eigenvalue weighted by Gasteiger charge is 2.35. The summed E-state index contributed by atoms with van der Waals surface area (Å²) in [5.74, 6) is -0.139. The zero-order valence-electron chi connectivity index (χ0n) is 9.55. The molecule has 5 heteroatoms. The molecule has 5 nitrogen and oxygen atoms in total. The molecule has 1 amide bonds. The first-order valence-corrected chi connectivity index (χ1v) is 5.65. The van der Waals surface area contributed by atoms with Crippen molar-refractivity contribution < 1.29 is 4.79 Å². The maximum absolute atomic E-state index is 12.0. The number of nitrogens with two attached hydrogens (primary N) is 1. The quantitative estimate of drug-likeness (QED) is 0.784. The molecule has 0 aliphatic heterocycles. The van der Waals surface area contributed by atoms with Gasteiger partial charge < -0.3 is 11.1 Å². The van der Waals surface area contributed by atoms with Gasteiger partial charge >= 0.3 is 0 Å². The lowest BCUT2D eigenvalue weighted by Gasteiger charge is -2.00. The van der Waals surface area contributed by atoms with Crippen LogP contribution in [0.15, 0.2) is 24.3 Å². The van der Waals surface area contributed by atoms with E-state index in [1.54, 1.807) is 4.68 Å². The molecule has 17 heavy (non-hydrogen) atoms. The number of rotatable bonds is 2. The Balaban J connectivity index is 1.96. The van der Waals surface area contributed by atoms with Crippen LogP contribution < -0.4 is 11.1 Å². The predicted octanol–water partition coefficient (Wildman–Crippen LogP) is 0.403. The summed E-state index contributed by atoms with van der Waals surface area (Å²) < 4.78 is 1.72. The van der Waals surface area contributed by atoms with Crippen molar-refractivity contribution in [1.82, 2.24) is 15.1 Å². The third kappa shape index (κ3) is 1.68. The Labute approximate surface area is 98.6 Å². The molecule has 1 aliphatic carbocycles. The summed E-state index contributed by atoms with van der Waals surface area (Å²) in [6.07, 6.45) is 0.858. The molecule has 3 N–H and O–H groups in total. The molecule has 2 aromatic rings. The molecule has 2 atom stereocenters. The van der Waals surface area contributed by atoms with E-state index in [0.717, 1.165) is 17.3 Å². The fraction of sp³-hybridized carbons (Fsp3) is 0.333. The summed E-state index contributed by atoms with van der Waals surface area (Å²) in [6.45, 7) is 0. The van der Waals surface area contributed by atoms with E-state index in [9.17, 15) is 4.79 Å². The molecule has 3 rings (SSSR count). The fourth-order valence-electron chi connectivity index (χ4n) is 2.00. The van der Waals surface area contributed by atoms with Gasteiger partial charge in [0, 0.05) is 24.5 Å². The number of aromatic nitrogens is 2. The summed E-state index contributed by atoms with van der Waals surface area (Å²) in [6, 6.07) is 7.91. The molecule has 0 radical (unpaired) electrons. The summed E-state index contributed by atoms with van der Waals surface area (Å²) in [5.41, 5.74) is 7.10. The topological polar surface area (TPSA) is 72.9 Å². The van der Waals surface area contributed by atoms with Crippen LogP contribution in [0.5, 0.6) is 0 Å². The van der Waals surface area contributed by atoms with Gasteiger partial charge in [-0.1, -0.05) is 18.2 Å². The zero-order chi connectivity index (χ0) is 12.0. The van der Waals surface area contributed by atoms with Gasteiger partial charge in [0.25, 0.3) is 5.91 Å². The summed E-state index contributed by atoms with van der Waals surface area (Å²) in [5, 5.41) is 8.02. The van der Waals surface area contributed by atoms with Gasteiger partial charge in [-0.2, -0.15) is 5.10 Å². The Kier molecular flexibility index (Phi) is 2.16. The van der Waals surface area contributed by atoms with Crippen LogP contribution in [0.3, 0.4) is 0 Å². The largest absolute Gasteiger partial charge is 0.346 e. The lowest BCUT2D eigenvalue weighted by molar-refractivity contribution is 0.0946. The molecule has 0 saturated heterocycles. The number of para-hydroxylation sites is 1. The van der Waals surface area contributed by atoms with E-state index in [2.05, 4.69) is 10.4 Å². The fourth-order valence-corrected chi connectivity index (χ4v) is 2.00. The minimum atomic E-state index is -0.139. The molecular weight excluding hydrogens is 216 g/mol. The molecule has 88 valence electrons. The second-order valence-electron chi connectivity index (χ2n) is 4.47. The van der Waals surface area contributed by atoms with Crippen LogP contribution >= 0.6 is 0 Å². The number of amides is 1. The Morgan fingerprint density at radius 1 is 1.53 bits per heavy atom. The van der Waals surface area contributed by atoms with Crippen LogP contribution in [0.1, 0.15) is 16.9 Å². The first-order chi connectivity index (χ1) is 8.16. The van der Waals surface area contributed by atoms with Crippen LogP contribution in [0, 0.1) is 0 Å². The lowest BCUT2D eigenvalue weighted by atomic mass is 10.2. The normalized spacial score (nSPS) is 22.7. The van der Waals surface area contributed by atoms with Crippen LogP contribution in [0.4, 0.5) is 0 Å². The van der Waals surface area contributed by atoms with E-state index in [1.165, 1.54) is 0 Å². The molecule has 1 saturated carbocycles. The average molecular weight is 230 g/mol. The van der Waals surface area contributed by atoms with Gasteiger partial charge in [-0.15, -0.1) is 0 Å². The highest BCUT2D eigenvalue weighted by atomic mass is 16.2. The third-order valence-corrected chi connectivity index (χ3v) is 3.13. The number of nitrogens with zero attached hydrogens (tertiary/aromatic N) is 2. The van der Waals surface area contributed by atoms with Gasteiger partial charge in [0.05, 0.1) is 5.52 Å². The van der Waals surface area contributed by atoms with Crippen LogP contribution in [0.2, 0.25) is 0 Å². The number of fused-ring (bicyclic) bond motifs is 1. The van der Waals surface area contributed by atoms with Crippen molar-refractivity contribution in [3.8, 4) is 0 Å². The van der Waals surface area contributed by atoms with Gasteiger partial charge in [0.15, 0.2) is 5.69 Å². The summed E-state index contributed by atoms with van der Waals surface area (Å²) in [7, 11) is 1.84. The molecule has 1 aromatic carbocycles. The van der Waals surface area contributed by atoms with E-state index >= 15 is 0 Å². The van der Waals surface area contributed by atoms with E-state index in [-0.39, 0.29) is 18.0 Å². The van der Waals surface area contributed by atoms with Gasteiger partial charge in [-0.3, -0.25) is 9.48 Å². The number of nitrogens with one attached hydrogen (secondary N) is 1. The molecular formula is C12H14N4O. The molecule has 1 aliphatic rings. The minimum Gasteiger partial charge on any atom is -0.346 e. The number of hydrogen-bond donors (Lipinski definition) is 2. The van der Waals surface area contributed by atoms with Gasteiger partial charge in [0.1, 0.15) is 0 Å². The average Bonchev–Trinajstić information content (AvgIpc) is 2.89. The second-order valence-corrected chi connectivity index (χ2v) is 4.47. The van der Waals surface area contributed by atoms with Crippen LogP contribution in [0.25, 0.3) is 10.9 Å². The van der Waals surface area contributed by atoms with E-state index in [4.69, 9.17) is 5.73 Å². The number of benzene rings is 1. The van der Waals surface area contributed by atoms with Crippen LogP contribution in [-0.2, 0) is 7.05 Å². The van der Waals surface area contributed by atoms with Crippen molar-refractivity contribution in [1.29, 1.82) is 0 Å². The maximum atomic E-state index is 12.0. The first kappa shape index (κ1) is 10.3. The number of aryl methyl sites for hydroxylation is 1. The van der Waals surface area contributed by atoms with Crippen molar-refractivity contribution >= 4 is 16.8 Å². The Morgan fingerprint density at radius 2 is 2.24 bits per heavy atom. The SMILES string of the molecule is Cn1nc(C(=O)NC2CC2N)c2ccccc21. The Bertz CT molecular complexity index is 589. The van der Waals surface area contributed by atoms with Gasteiger partial charge in [-0.25, -0.2) is 0 Å². The highest BCUT2D eigenvalue weighted by Crippen LogP contribution is 2.21. The maximum Gasteiger partial charge on any atom is 0.272 e. The highest BCUT2D eigenvalue weighted by molar-refractivity contribution is 6.05. The van der Waals surface area contributed by atoms with Gasteiger partial charge in [-0.05, 0) is 12.5 Å². The van der Waals surface area contributed by atoms with E-state index < -0.39 is 0 Å². The predicted molar refractivity (Wildman–Crippen MR) is 64.6 cm³/mol. The van der Waals surface area contributed by atoms with Gasteiger partial charge in [0.2, 0.25) is 0 Å². The summed E-state index contributed by atoms with van der Waals surface area (Å²) >= 11 is 0.